The molecule has 1 aliphatic rings. The van der Waals surface area contributed by atoms with Crippen LogP contribution in [-0.2, 0) is 6.54 Å². The van der Waals surface area contributed by atoms with Crippen LogP contribution in [-0.4, -0.2) is 74.1 Å². The molecule has 0 saturated carbocycles. The molecule has 1 fully saturated rings. The van der Waals surface area contributed by atoms with Crippen LogP contribution in [0.1, 0.15) is 16.2 Å². The lowest BCUT2D eigenvalue weighted by Crippen LogP contribution is -2.48. The van der Waals surface area contributed by atoms with Crippen molar-refractivity contribution in [3.63, 3.8) is 0 Å². The number of nitro benzene ring substituents is 1. The van der Waals surface area contributed by atoms with E-state index in [1.54, 1.807) is 16.7 Å². The van der Waals surface area contributed by atoms with Gasteiger partial charge in [0.2, 0.25) is 0 Å². The van der Waals surface area contributed by atoms with Crippen LogP contribution in [0.5, 0.6) is 5.75 Å². The van der Waals surface area contributed by atoms with E-state index in [0.29, 0.717) is 44.1 Å². The summed E-state index contributed by atoms with van der Waals surface area (Å²) in [4.78, 5) is 26.9. The zero-order valence-corrected chi connectivity index (χ0v) is 16.9. The maximum Gasteiger partial charge on any atom is 0.269 e. The smallest absolute Gasteiger partial charge is 0.269 e. The summed E-state index contributed by atoms with van der Waals surface area (Å²) < 4.78 is 6.87. The Morgan fingerprint density at radius 1 is 1.06 bits per heavy atom. The largest absolute Gasteiger partial charge is 0.497 e. The summed E-state index contributed by atoms with van der Waals surface area (Å²) in [6, 6.07) is 13.2. The van der Waals surface area contributed by atoms with Gasteiger partial charge in [0.25, 0.3) is 11.6 Å². The molecule has 11 nitrogen and oxygen atoms in total. The number of nitrogens with zero attached hydrogens (tertiary/aromatic N) is 7. The molecule has 2 heterocycles. The lowest BCUT2D eigenvalue weighted by molar-refractivity contribution is -0.384. The van der Waals surface area contributed by atoms with E-state index in [1.165, 1.54) is 24.3 Å². The second kappa shape index (κ2) is 8.88. The number of non-ortho nitro benzene ring substituents is 1. The fourth-order valence-corrected chi connectivity index (χ4v) is 3.45. The third kappa shape index (κ3) is 4.51. The van der Waals surface area contributed by atoms with E-state index >= 15 is 0 Å². The van der Waals surface area contributed by atoms with Crippen LogP contribution in [0.3, 0.4) is 0 Å². The van der Waals surface area contributed by atoms with Gasteiger partial charge in [-0.3, -0.25) is 19.8 Å². The molecule has 31 heavy (non-hydrogen) atoms. The Labute approximate surface area is 178 Å². The van der Waals surface area contributed by atoms with E-state index < -0.39 is 4.92 Å². The minimum absolute atomic E-state index is 0.0315. The van der Waals surface area contributed by atoms with Crippen molar-refractivity contribution in [3.05, 3.63) is 70.0 Å². The molecule has 11 heteroatoms. The molecule has 1 aliphatic heterocycles. The van der Waals surface area contributed by atoms with Gasteiger partial charge in [0, 0.05) is 43.9 Å². The number of carbonyl (C=O) groups excluding carboxylic acids is 1. The van der Waals surface area contributed by atoms with E-state index in [4.69, 9.17) is 4.74 Å². The zero-order valence-electron chi connectivity index (χ0n) is 16.9. The minimum atomic E-state index is -0.480. The van der Waals surface area contributed by atoms with Gasteiger partial charge in [0.05, 0.1) is 24.3 Å². The van der Waals surface area contributed by atoms with Gasteiger partial charge in [-0.15, -0.1) is 5.10 Å². The third-order valence-electron chi connectivity index (χ3n) is 5.20. The first-order valence-electron chi connectivity index (χ1n) is 9.73. The van der Waals surface area contributed by atoms with Crippen LogP contribution in [0.2, 0.25) is 0 Å². The molecule has 1 aromatic heterocycles. The van der Waals surface area contributed by atoms with E-state index in [-0.39, 0.29) is 11.6 Å². The van der Waals surface area contributed by atoms with E-state index in [9.17, 15) is 14.9 Å². The van der Waals surface area contributed by atoms with Crippen molar-refractivity contribution in [1.82, 2.24) is 30.0 Å². The summed E-state index contributed by atoms with van der Waals surface area (Å²) in [7, 11) is 1.61. The molecule has 0 bridgehead atoms. The first kappa shape index (κ1) is 20.4. The van der Waals surface area contributed by atoms with Crippen molar-refractivity contribution in [2.75, 3.05) is 33.3 Å². The molecule has 3 aromatic rings. The van der Waals surface area contributed by atoms with Crippen LogP contribution in [0.15, 0.2) is 48.5 Å². The molecule has 4 rings (SSSR count). The number of amides is 1. The fourth-order valence-electron chi connectivity index (χ4n) is 3.45. The number of hydrogen-bond donors (Lipinski definition) is 0. The number of ether oxygens (including phenoxy) is 1. The molecular weight excluding hydrogens is 402 g/mol. The monoisotopic (exact) mass is 423 g/mol. The van der Waals surface area contributed by atoms with Gasteiger partial charge in [-0.05, 0) is 46.8 Å². The number of methoxy groups -OCH3 is 1. The van der Waals surface area contributed by atoms with E-state index in [2.05, 4.69) is 20.4 Å². The molecule has 0 atom stereocenters. The molecule has 0 unspecified atom stereocenters. The number of nitro groups is 1. The second-order valence-electron chi connectivity index (χ2n) is 7.08. The Bertz CT molecular complexity index is 1060. The Balaban J connectivity index is 1.36. The SMILES string of the molecule is COc1ccc(-n2nnnc2CN2CCN(C(=O)c3ccc([N+](=O)[O-])cc3)CC2)cc1. The number of benzene rings is 2. The Kier molecular flexibility index (Phi) is 5.85. The molecular formula is C20H21N7O4. The van der Waals surface area contributed by atoms with Gasteiger partial charge in [-0.1, -0.05) is 0 Å². The number of carbonyl (C=O) groups is 1. The summed E-state index contributed by atoms with van der Waals surface area (Å²) in [5.74, 6) is 1.34. The molecule has 0 aliphatic carbocycles. The van der Waals surface area contributed by atoms with Crippen molar-refractivity contribution in [2.24, 2.45) is 0 Å². The minimum Gasteiger partial charge on any atom is -0.497 e. The number of piperazine rings is 1. The topological polar surface area (TPSA) is 120 Å². The predicted molar refractivity (Wildman–Crippen MR) is 110 cm³/mol. The lowest BCUT2D eigenvalue weighted by Gasteiger charge is -2.34. The number of hydrogen-bond acceptors (Lipinski definition) is 8. The predicted octanol–water partition coefficient (Wildman–Crippen LogP) is 1.54. The molecule has 0 radical (unpaired) electrons. The summed E-state index contributed by atoms with van der Waals surface area (Å²) >= 11 is 0. The summed E-state index contributed by atoms with van der Waals surface area (Å²) in [5, 5.41) is 22.8. The van der Waals surface area contributed by atoms with Gasteiger partial charge in [-0.25, -0.2) is 0 Å². The molecule has 1 amide bonds. The summed E-state index contributed by atoms with van der Waals surface area (Å²) in [5.41, 5.74) is 1.26. The zero-order chi connectivity index (χ0) is 21.8. The van der Waals surface area contributed by atoms with Gasteiger partial charge in [0.15, 0.2) is 5.82 Å². The molecule has 0 spiro atoms. The maximum absolute atomic E-state index is 12.7. The van der Waals surface area contributed by atoms with Gasteiger partial charge in [0.1, 0.15) is 5.75 Å². The first-order chi connectivity index (χ1) is 15.0. The van der Waals surface area contributed by atoms with E-state index in [0.717, 1.165) is 11.4 Å². The van der Waals surface area contributed by atoms with Crippen molar-refractivity contribution in [3.8, 4) is 11.4 Å². The van der Waals surface area contributed by atoms with Gasteiger partial charge >= 0.3 is 0 Å². The fraction of sp³-hybridized carbons (Fsp3) is 0.300. The quantitative estimate of drug-likeness (QED) is 0.433. The average molecular weight is 423 g/mol. The van der Waals surface area contributed by atoms with Crippen molar-refractivity contribution in [2.45, 2.75) is 6.54 Å². The number of tetrazole rings is 1. The highest BCUT2D eigenvalue weighted by molar-refractivity contribution is 5.94. The lowest BCUT2D eigenvalue weighted by atomic mass is 10.1. The first-order valence-corrected chi connectivity index (χ1v) is 9.73. The molecule has 0 N–H and O–H groups in total. The van der Waals surface area contributed by atoms with E-state index in [1.807, 2.05) is 24.3 Å². The van der Waals surface area contributed by atoms with Crippen LogP contribution in [0.4, 0.5) is 5.69 Å². The second-order valence-corrected chi connectivity index (χ2v) is 7.08. The average Bonchev–Trinajstić information content (AvgIpc) is 3.27. The normalized spacial score (nSPS) is 14.4. The van der Waals surface area contributed by atoms with Crippen LogP contribution >= 0.6 is 0 Å². The highest BCUT2D eigenvalue weighted by atomic mass is 16.6. The van der Waals surface area contributed by atoms with Gasteiger partial charge < -0.3 is 9.64 Å². The highest BCUT2D eigenvalue weighted by Crippen LogP contribution is 2.17. The molecule has 160 valence electrons. The standard InChI is InChI=1S/C20H21N7O4/c1-31-18-8-6-16(7-9-18)26-19(21-22-23-26)14-24-10-12-25(13-11-24)20(28)15-2-4-17(5-3-15)27(29)30/h2-9H,10-14H2,1H3. The third-order valence-corrected chi connectivity index (χ3v) is 5.20. The molecule has 1 saturated heterocycles. The Hall–Kier alpha value is -3.86. The number of rotatable bonds is 6. The number of aromatic nitrogens is 4. The van der Waals surface area contributed by atoms with Crippen LogP contribution in [0.25, 0.3) is 5.69 Å². The highest BCUT2D eigenvalue weighted by Gasteiger charge is 2.24. The van der Waals surface area contributed by atoms with Crippen LogP contribution in [0, 0.1) is 10.1 Å². The van der Waals surface area contributed by atoms with Crippen molar-refractivity contribution in [1.29, 1.82) is 0 Å². The Morgan fingerprint density at radius 3 is 2.35 bits per heavy atom. The summed E-state index contributed by atoms with van der Waals surface area (Å²) in [6.45, 7) is 3.01. The van der Waals surface area contributed by atoms with Crippen molar-refractivity contribution < 1.29 is 14.5 Å². The van der Waals surface area contributed by atoms with Crippen molar-refractivity contribution >= 4 is 11.6 Å². The van der Waals surface area contributed by atoms with Gasteiger partial charge in [-0.2, -0.15) is 4.68 Å². The Morgan fingerprint density at radius 2 is 1.74 bits per heavy atom. The summed E-state index contributed by atoms with van der Waals surface area (Å²) in [6.07, 6.45) is 0. The molecule has 2 aromatic carbocycles. The maximum atomic E-state index is 12.7. The van der Waals surface area contributed by atoms with Crippen LogP contribution < -0.4 is 4.74 Å².